The van der Waals surface area contributed by atoms with Gasteiger partial charge in [-0.2, -0.15) is 0 Å². The van der Waals surface area contributed by atoms with E-state index in [1.165, 1.54) is 18.2 Å². The van der Waals surface area contributed by atoms with Gasteiger partial charge in [-0.15, -0.1) is 0 Å². The Morgan fingerprint density at radius 3 is 2.62 bits per heavy atom. The summed E-state index contributed by atoms with van der Waals surface area (Å²) >= 11 is 0. The van der Waals surface area contributed by atoms with E-state index < -0.39 is 4.92 Å². The molecule has 136 valence electrons. The number of hydrogen-bond donors (Lipinski definition) is 1. The van der Waals surface area contributed by atoms with Gasteiger partial charge in [0.25, 0.3) is 5.69 Å². The smallest absolute Gasteiger partial charge is 0.272 e. The highest BCUT2D eigenvalue weighted by molar-refractivity contribution is 6.02. The van der Waals surface area contributed by atoms with Gasteiger partial charge in [0.1, 0.15) is 0 Å². The summed E-state index contributed by atoms with van der Waals surface area (Å²) in [5.74, 6) is 0.880. The number of nitro benzene ring substituents is 1. The number of amides is 1. The Hall–Kier alpha value is -3.35. The summed E-state index contributed by atoms with van der Waals surface area (Å²) in [4.78, 5) is 22.4. The van der Waals surface area contributed by atoms with Crippen molar-refractivity contribution in [2.24, 2.45) is 0 Å². The SMILES string of the molecule is CCOc1cc(/C=C/C(=O)Nc2ccc([N+](=O)[O-])c(C)c2)ccc1OC. The molecule has 0 aliphatic rings. The zero-order valence-electron chi connectivity index (χ0n) is 14.8. The van der Waals surface area contributed by atoms with Gasteiger partial charge in [0.05, 0.1) is 18.6 Å². The van der Waals surface area contributed by atoms with Gasteiger partial charge < -0.3 is 14.8 Å². The molecular formula is C19H20N2O5. The molecule has 0 saturated carbocycles. The quantitative estimate of drug-likeness (QED) is 0.461. The lowest BCUT2D eigenvalue weighted by atomic mass is 10.1. The van der Waals surface area contributed by atoms with E-state index >= 15 is 0 Å². The van der Waals surface area contributed by atoms with Crippen LogP contribution >= 0.6 is 0 Å². The third-order valence-electron chi connectivity index (χ3n) is 3.58. The minimum atomic E-state index is -0.458. The fraction of sp³-hybridized carbons (Fsp3) is 0.211. The van der Waals surface area contributed by atoms with Crippen LogP contribution in [0.1, 0.15) is 18.1 Å². The number of hydrogen-bond acceptors (Lipinski definition) is 5. The molecule has 0 aliphatic heterocycles. The maximum Gasteiger partial charge on any atom is 0.272 e. The van der Waals surface area contributed by atoms with Gasteiger partial charge in [0, 0.05) is 23.4 Å². The molecule has 26 heavy (non-hydrogen) atoms. The van der Waals surface area contributed by atoms with Crippen molar-refractivity contribution in [3.63, 3.8) is 0 Å². The van der Waals surface area contributed by atoms with Crippen molar-refractivity contribution >= 4 is 23.4 Å². The van der Waals surface area contributed by atoms with E-state index in [0.29, 0.717) is 29.4 Å². The highest BCUT2D eigenvalue weighted by atomic mass is 16.6. The Morgan fingerprint density at radius 2 is 2.00 bits per heavy atom. The van der Waals surface area contributed by atoms with Crippen LogP contribution < -0.4 is 14.8 Å². The number of anilines is 1. The minimum absolute atomic E-state index is 0.0141. The number of nitrogens with one attached hydrogen (secondary N) is 1. The number of nitro groups is 1. The average Bonchev–Trinajstić information content (AvgIpc) is 2.60. The van der Waals surface area contributed by atoms with Crippen molar-refractivity contribution in [1.29, 1.82) is 0 Å². The maximum atomic E-state index is 12.1. The highest BCUT2D eigenvalue weighted by Gasteiger charge is 2.10. The van der Waals surface area contributed by atoms with Crippen LogP contribution in [0, 0.1) is 17.0 Å². The van der Waals surface area contributed by atoms with Crippen LogP contribution in [0.5, 0.6) is 11.5 Å². The largest absolute Gasteiger partial charge is 0.493 e. The van der Waals surface area contributed by atoms with Crippen LogP contribution in [0.4, 0.5) is 11.4 Å². The Labute approximate surface area is 151 Å². The molecule has 2 rings (SSSR count). The molecule has 0 fully saturated rings. The molecule has 0 unspecified atom stereocenters. The van der Waals surface area contributed by atoms with Crippen LogP contribution in [-0.2, 0) is 4.79 Å². The molecule has 7 heteroatoms. The van der Waals surface area contributed by atoms with Crippen molar-refractivity contribution in [1.82, 2.24) is 0 Å². The predicted octanol–water partition coefficient (Wildman–Crippen LogP) is 3.96. The van der Waals surface area contributed by atoms with E-state index in [2.05, 4.69) is 5.32 Å². The van der Waals surface area contributed by atoms with Gasteiger partial charge in [0.15, 0.2) is 11.5 Å². The monoisotopic (exact) mass is 356 g/mol. The summed E-state index contributed by atoms with van der Waals surface area (Å²) in [5, 5.41) is 13.5. The van der Waals surface area contributed by atoms with Crippen molar-refractivity contribution < 1.29 is 19.2 Å². The molecular weight excluding hydrogens is 336 g/mol. The number of benzene rings is 2. The molecule has 2 aromatic rings. The maximum absolute atomic E-state index is 12.1. The second-order valence-corrected chi connectivity index (χ2v) is 5.42. The third kappa shape index (κ3) is 4.83. The number of carbonyl (C=O) groups is 1. The van der Waals surface area contributed by atoms with Crippen LogP contribution in [0.3, 0.4) is 0 Å². The van der Waals surface area contributed by atoms with Crippen LogP contribution in [0.15, 0.2) is 42.5 Å². The Balaban J connectivity index is 2.09. The Bertz CT molecular complexity index is 846. The van der Waals surface area contributed by atoms with E-state index in [4.69, 9.17) is 9.47 Å². The minimum Gasteiger partial charge on any atom is -0.493 e. The second-order valence-electron chi connectivity index (χ2n) is 5.42. The number of aryl methyl sites for hydroxylation is 1. The first kappa shape index (κ1) is 19.0. The van der Waals surface area contributed by atoms with Crippen LogP contribution in [-0.4, -0.2) is 24.5 Å². The number of methoxy groups -OCH3 is 1. The number of nitrogens with zero attached hydrogens (tertiary/aromatic N) is 1. The molecule has 0 heterocycles. The molecule has 0 atom stereocenters. The highest BCUT2D eigenvalue weighted by Crippen LogP contribution is 2.28. The van der Waals surface area contributed by atoms with Crippen molar-refractivity contribution in [3.05, 3.63) is 63.7 Å². The lowest BCUT2D eigenvalue weighted by molar-refractivity contribution is -0.385. The number of ether oxygens (including phenoxy) is 2. The molecule has 0 aliphatic carbocycles. The van der Waals surface area contributed by atoms with Gasteiger partial charge in [-0.1, -0.05) is 6.07 Å². The van der Waals surface area contributed by atoms with Gasteiger partial charge in [-0.25, -0.2) is 0 Å². The molecule has 0 bridgehead atoms. The van der Waals surface area contributed by atoms with E-state index in [1.54, 1.807) is 44.4 Å². The lowest BCUT2D eigenvalue weighted by Crippen LogP contribution is -2.08. The number of carbonyl (C=O) groups excluding carboxylic acids is 1. The van der Waals surface area contributed by atoms with Crippen molar-refractivity contribution in [3.8, 4) is 11.5 Å². The van der Waals surface area contributed by atoms with Crippen LogP contribution in [0.2, 0.25) is 0 Å². The van der Waals surface area contributed by atoms with E-state index in [-0.39, 0.29) is 11.6 Å². The van der Waals surface area contributed by atoms with E-state index in [9.17, 15) is 14.9 Å². The normalized spacial score (nSPS) is 10.6. The van der Waals surface area contributed by atoms with Gasteiger partial charge in [0.2, 0.25) is 5.91 Å². The fourth-order valence-electron chi connectivity index (χ4n) is 2.36. The summed E-state index contributed by atoms with van der Waals surface area (Å²) in [6.07, 6.45) is 3.03. The first-order valence-corrected chi connectivity index (χ1v) is 7.99. The van der Waals surface area contributed by atoms with Crippen molar-refractivity contribution in [2.75, 3.05) is 19.0 Å². The van der Waals surface area contributed by atoms with E-state index in [1.807, 2.05) is 6.92 Å². The summed E-state index contributed by atoms with van der Waals surface area (Å²) in [5.41, 5.74) is 1.77. The fourth-order valence-corrected chi connectivity index (χ4v) is 2.36. The topological polar surface area (TPSA) is 90.7 Å². The summed E-state index contributed by atoms with van der Waals surface area (Å²) in [6.45, 7) is 4.00. The summed E-state index contributed by atoms with van der Waals surface area (Å²) in [7, 11) is 1.56. The Kier molecular flexibility index (Phi) is 6.32. The summed E-state index contributed by atoms with van der Waals surface area (Å²) < 4.78 is 10.7. The molecule has 0 aromatic heterocycles. The molecule has 0 radical (unpaired) electrons. The standard InChI is InChI=1S/C19H20N2O5/c1-4-26-18-12-14(5-9-17(18)25-3)6-10-19(22)20-15-7-8-16(21(23)24)13(2)11-15/h5-12H,4H2,1-3H3,(H,20,22)/b10-6+. The Morgan fingerprint density at radius 1 is 1.23 bits per heavy atom. The first-order chi connectivity index (χ1) is 12.4. The molecule has 0 saturated heterocycles. The number of rotatable bonds is 7. The zero-order chi connectivity index (χ0) is 19.1. The predicted molar refractivity (Wildman–Crippen MR) is 99.7 cm³/mol. The van der Waals surface area contributed by atoms with Gasteiger partial charge in [-0.05, 0) is 49.8 Å². The first-order valence-electron chi connectivity index (χ1n) is 7.99. The molecule has 1 amide bonds. The van der Waals surface area contributed by atoms with E-state index in [0.717, 1.165) is 5.56 Å². The molecule has 0 spiro atoms. The second kappa shape index (κ2) is 8.66. The molecule has 7 nitrogen and oxygen atoms in total. The lowest BCUT2D eigenvalue weighted by Gasteiger charge is -2.09. The third-order valence-corrected chi connectivity index (χ3v) is 3.58. The van der Waals surface area contributed by atoms with Crippen LogP contribution in [0.25, 0.3) is 6.08 Å². The average molecular weight is 356 g/mol. The van der Waals surface area contributed by atoms with Gasteiger partial charge >= 0.3 is 0 Å². The van der Waals surface area contributed by atoms with Crippen molar-refractivity contribution in [2.45, 2.75) is 13.8 Å². The molecule has 2 aromatic carbocycles. The zero-order valence-corrected chi connectivity index (χ0v) is 14.8. The van der Waals surface area contributed by atoms with Gasteiger partial charge in [-0.3, -0.25) is 14.9 Å². The molecule has 1 N–H and O–H groups in total. The summed E-state index contributed by atoms with van der Waals surface area (Å²) in [6, 6.07) is 9.78.